The van der Waals surface area contributed by atoms with Crippen molar-refractivity contribution in [3.63, 3.8) is 0 Å². The van der Waals surface area contributed by atoms with Crippen molar-refractivity contribution in [2.75, 3.05) is 0 Å². The Hall–Kier alpha value is -0.100. The monoisotopic (exact) mass is 206 g/mol. The molecule has 0 atom stereocenters. The summed E-state index contributed by atoms with van der Waals surface area (Å²) in [5.41, 5.74) is 0.573. The van der Waals surface area contributed by atoms with Crippen LogP contribution in [0, 0.1) is 0 Å². The Balaban J connectivity index is 3.12. The van der Waals surface area contributed by atoms with Gasteiger partial charge in [0.05, 0.1) is 0 Å². The third kappa shape index (κ3) is 2.16. The van der Waals surface area contributed by atoms with Gasteiger partial charge in [0.15, 0.2) is 6.29 Å². The van der Waals surface area contributed by atoms with Gasteiger partial charge in [-0.05, 0) is 0 Å². The number of benzene rings is 1. The van der Waals surface area contributed by atoms with Crippen LogP contribution in [0.5, 0.6) is 0 Å². The molecule has 11 heavy (non-hydrogen) atoms. The van der Waals surface area contributed by atoms with E-state index in [1.54, 1.807) is 18.2 Å². The van der Waals surface area contributed by atoms with E-state index in [0.717, 1.165) is 11.6 Å². The largest absolute Gasteiger partial charge is 0.298 e. The number of hydrogen-bond acceptors (Lipinski definition) is 1. The minimum Gasteiger partial charge on any atom is -0.298 e. The maximum atomic E-state index is 10.4. The second kappa shape index (κ2) is 4.06. The summed E-state index contributed by atoms with van der Waals surface area (Å²) in [6.07, 6.45) is 0.759. The molecular weight excluding hydrogens is 202 g/mol. The molecule has 0 fully saturated rings. The first-order valence-corrected chi connectivity index (χ1v) is 6.07. The first-order chi connectivity index (χ1) is 5.25. The molecule has 1 aromatic rings. The molecule has 0 unspecified atom stereocenters. The van der Waals surface area contributed by atoms with Gasteiger partial charge in [0, 0.05) is 10.9 Å². The van der Waals surface area contributed by atoms with Crippen molar-refractivity contribution in [1.29, 1.82) is 0 Å². The standard InChI is InChI=1S/C7H5Cl2OP/c8-11(9)7-4-2-1-3-6(7)5-10/h1-5H. The minimum absolute atomic E-state index is 0.573. The van der Waals surface area contributed by atoms with E-state index in [-0.39, 0.29) is 0 Å². The highest BCUT2D eigenvalue weighted by atomic mass is 35.9. The molecule has 0 radical (unpaired) electrons. The molecule has 0 bridgehead atoms. The highest BCUT2D eigenvalue weighted by Gasteiger charge is 2.07. The fourth-order valence-electron chi connectivity index (χ4n) is 0.741. The summed E-state index contributed by atoms with van der Waals surface area (Å²) >= 11 is 11.3. The van der Waals surface area contributed by atoms with Crippen LogP contribution in [0.15, 0.2) is 24.3 Å². The quantitative estimate of drug-likeness (QED) is 0.538. The van der Waals surface area contributed by atoms with E-state index in [1.807, 2.05) is 6.07 Å². The predicted octanol–water partition coefficient (Wildman–Crippen LogP) is 2.91. The van der Waals surface area contributed by atoms with Gasteiger partial charge in [0.2, 0.25) is 0 Å². The summed E-state index contributed by atoms with van der Waals surface area (Å²) in [7, 11) is 0. The fraction of sp³-hybridized carbons (Fsp3) is 0. The Morgan fingerprint density at radius 3 is 2.36 bits per heavy atom. The minimum atomic E-state index is -1.21. The second-order valence-electron chi connectivity index (χ2n) is 1.91. The molecule has 0 saturated carbocycles. The summed E-state index contributed by atoms with van der Waals surface area (Å²) in [4.78, 5) is 10.4. The molecule has 0 saturated heterocycles. The lowest BCUT2D eigenvalue weighted by Gasteiger charge is -2.02. The van der Waals surface area contributed by atoms with Gasteiger partial charge in [-0.2, -0.15) is 0 Å². The van der Waals surface area contributed by atoms with Gasteiger partial charge in [0.1, 0.15) is 6.63 Å². The number of hydrogen-bond donors (Lipinski definition) is 0. The van der Waals surface area contributed by atoms with Gasteiger partial charge in [-0.15, -0.1) is 0 Å². The van der Waals surface area contributed by atoms with Crippen molar-refractivity contribution in [3.8, 4) is 0 Å². The molecule has 0 aromatic heterocycles. The molecule has 0 spiro atoms. The molecule has 0 N–H and O–H groups in total. The van der Waals surface area contributed by atoms with Crippen molar-refractivity contribution < 1.29 is 4.79 Å². The summed E-state index contributed by atoms with van der Waals surface area (Å²) < 4.78 is 0. The highest BCUT2D eigenvalue weighted by Crippen LogP contribution is 2.45. The highest BCUT2D eigenvalue weighted by molar-refractivity contribution is 8.09. The van der Waals surface area contributed by atoms with Crippen molar-refractivity contribution in [2.24, 2.45) is 0 Å². The lowest BCUT2D eigenvalue weighted by Crippen LogP contribution is -2.02. The summed E-state index contributed by atoms with van der Waals surface area (Å²) in [5.74, 6) is 0. The normalized spacial score (nSPS) is 10.1. The van der Waals surface area contributed by atoms with Gasteiger partial charge in [-0.1, -0.05) is 46.7 Å². The van der Waals surface area contributed by atoms with Crippen LogP contribution in [0.4, 0.5) is 0 Å². The van der Waals surface area contributed by atoms with E-state index < -0.39 is 6.63 Å². The van der Waals surface area contributed by atoms with E-state index in [0.29, 0.717) is 5.56 Å². The molecule has 0 aliphatic heterocycles. The summed E-state index contributed by atoms with van der Waals surface area (Å²) in [6.45, 7) is -1.21. The molecule has 0 aliphatic rings. The first kappa shape index (κ1) is 8.99. The molecule has 4 heteroatoms. The molecule has 58 valence electrons. The zero-order chi connectivity index (χ0) is 8.27. The Morgan fingerprint density at radius 2 is 1.91 bits per heavy atom. The van der Waals surface area contributed by atoms with Crippen LogP contribution in [-0.4, -0.2) is 6.29 Å². The number of rotatable bonds is 2. The van der Waals surface area contributed by atoms with Gasteiger partial charge in [-0.25, -0.2) is 0 Å². The van der Waals surface area contributed by atoms with Crippen LogP contribution in [-0.2, 0) is 0 Å². The molecule has 1 rings (SSSR count). The average molecular weight is 207 g/mol. The number of carbonyl (C=O) groups excluding carboxylic acids is 1. The third-order valence-electron chi connectivity index (χ3n) is 1.25. The van der Waals surface area contributed by atoms with Crippen LogP contribution in [0.2, 0.25) is 0 Å². The number of halogens is 2. The van der Waals surface area contributed by atoms with Gasteiger partial charge < -0.3 is 0 Å². The number of aldehydes is 1. The molecule has 0 heterocycles. The van der Waals surface area contributed by atoms with Gasteiger partial charge >= 0.3 is 0 Å². The van der Waals surface area contributed by atoms with E-state index >= 15 is 0 Å². The van der Waals surface area contributed by atoms with Crippen molar-refractivity contribution in [3.05, 3.63) is 29.8 Å². The van der Waals surface area contributed by atoms with Crippen LogP contribution < -0.4 is 5.30 Å². The van der Waals surface area contributed by atoms with Gasteiger partial charge in [0.25, 0.3) is 0 Å². The maximum absolute atomic E-state index is 10.4. The zero-order valence-electron chi connectivity index (χ0n) is 5.50. The van der Waals surface area contributed by atoms with Crippen LogP contribution in [0.25, 0.3) is 0 Å². The van der Waals surface area contributed by atoms with E-state index in [1.165, 1.54) is 0 Å². The topological polar surface area (TPSA) is 17.1 Å². The Kier molecular flexibility index (Phi) is 3.32. The lowest BCUT2D eigenvalue weighted by molar-refractivity contribution is 0.112. The summed E-state index contributed by atoms with van der Waals surface area (Å²) in [6, 6.07) is 7.04. The van der Waals surface area contributed by atoms with E-state index in [2.05, 4.69) is 0 Å². The van der Waals surface area contributed by atoms with Crippen molar-refractivity contribution in [1.82, 2.24) is 0 Å². The Bertz CT molecular complexity index is 262. The molecule has 1 aromatic carbocycles. The average Bonchev–Trinajstić information content (AvgIpc) is 2.04. The van der Waals surface area contributed by atoms with Crippen LogP contribution in [0.1, 0.15) is 10.4 Å². The van der Waals surface area contributed by atoms with Crippen molar-refractivity contribution in [2.45, 2.75) is 0 Å². The number of carbonyl (C=O) groups is 1. The predicted molar refractivity (Wildman–Crippen MR) is 50.1 cm³/mol. The zero-order valence-corrected chi connectivity index (χ0v) is 7.90. The Morgan fingerprint density at radius 1 is 1.27 bits per heavy atom. The molecular formula is C7H5Cl2OP. The van der Waals surface area contributed by atoms with E-state index in [4.69, 9.17) is 22.5 Å². The second-order valence-corrected chi connectivity index (χ2v) is 5.40. The van der Waals surface area contributed by atoms with E-state index in [9.17, 15) is 4.79 Å². The summed E-state index contributed by atoms with van der Waals surface area (Å²) in [5, 5.41) is 0.723. The third-order valence-corrected chi connectivity index (χ3v) is 3.11. The molecule has 0 amide bonds. The maximum Gasteiger partial charge on any atom is 0.150 e. The van der Waals surface area contributed by atoms with Crippen molar-refractivity contribution >= 4 is 40.7 Å². The first-order valence-electron chi connectivity index (χ1n) is 2.91. The van der Waals surface area contributed by atoms with Crippen LogP contribution in [0.3, 0.4) is 0 Å². The Labute approximate surface area is 75.6 Å². The van der Waals surface area contributed by atoms with Gasteiger partial charge in [-0.3, -0.25) is 4.79 Å². The molecule has 0 aliphatic carbocycles. The fourth-order valence-corrected chi connectivity index (χ4v) is 2.19. The van der Waals surface area contributed by atoms with Crippen LogP contribution >= 0.6 is 29.1 Å². The lowest BCUT2D eigenvalue weighted by atomic mass is 10.2. The molecule has 1 nitrogen and oxygen atoms in total. The SMILES string of the molecule is O=Cc1ccccc1P(Cl)Cl. The smallest absolute Gasteiger partial charge is 0.150 e.